The lowest BCUT2D eigenvalue weighted by atomic mass is 10.2. The molecule has 0 aliphatic heterocycles. The van der Waals surface area contributed by atoms with Crippen molar-refractivity contribution in [3.05, 3.63) is 35.2 Å². The summed E-state index contributed by atoms with van der Waals surface area (Å²) >= 11 is 5.97. The van der Waals surface area contributed by atoms with Crippen molar-refractivity contribution < 1.29 is 18.8 Å². The molecule has 2 rings (SSSR count). The van der Waals surface area contributed by atoms with E-state index in [1.165, 1.54) is 26.5 Å². The first-order valence-corrected chi connectivity index (χ1v) is 5.66. The van der Waals surface area contributed by atoms with Gasteiger partial charge >= 0.3 is 0 Å². The number of methoxy groups -OCH3 is 2. The van der Waals surface area contributed by atoms with Crippen molar-refractivity contribution in [3.63, 3.8) is 0 Å². The molecule has 0 saturated heterocycles. The molecule has 1 aromatic heterocycles. The minimum atomic E-state index is -0.420. The molecule has 1 aromatic carbocycles. The van der Waals surface area contributed by atoms with Gasteiger partial charge in [0.05, 0.1) is 24.9 Å². The van der Waals surface area contributed by atoms with Crippen molar-refractivity contribution in [1.29, 1.82) is 0 Å². The lowest BCUT2D eigenvalue weighted by Gasteiger charge is -2.12. The van der Waals surface area contributed by atoms with E-state index in [1.807, 2.05) is 0 Å². The first-order valence-electron chi connectivity index (χ1n) is 5.29. The number of carbonyl (C=O) groups excluding carboxylic acids is 1. The van der Waals surface area contributed by atoms with Gasteiger partial charge in [-0.2, -0.15) is 0 Å². The number of anilines is 1. The van der Waals surface area contributed by atoms with Gasteiger partial charge in [0.1, 0.15) is 17.8 Å². The Morgan fingerprint density at radius 2 is 2.05 bits per heavy atom. The van der Waals surface area contributed by atoms with Crippen molar-refractivity contribution in [3.8, 4) is 11.5 Å². The Hall–Kier alpha value is -2.21. The molecule has 100 valence electrons. The van der Waals surface area contributed by atoms with Crippen molar-refractivity contribution >= 4 is 23.2 Å². The Morgan fingerprint density at radius 3 is 2.63 bits per heavy atom. The second kappa shape index (κ2) is 5.62. The van der Waals surface area contributed by atoms with E-state index in [2.05, 4.69) is 15.0 Å². The van der Waals surface area contributed by atoms with Crippen LogP contribution in [0.3, 0.4) is 0 Å². The van der Waals surface area contributed by atoms with E-state index in [0.29, 0.717) is 22.2 Å². The highest BCUT2D eigenvalue weighted by atomic mass is 35.5. The molecule has 0 spiro atoms. The highest BCUT2D eigenvalue weighted by Crippen LogP contribution is 2.35. The molecule has 1 N–H and O–H groups in total. The van der Waals surface area contributed by atoms with Crippen LogP contribution in [0.15, 0.2) is 29.0 Å². The number of hydrogen-bond donors (Lipinski definition) is 1. The van der Waals surface area contributed by atoms with Gasteiger partial charge in [0.2, 0.25) is 0 Å². The van der Waals surface area contributed by atoms with Crippen LogP contribution in [-0.2, 0) is 0 Å². The summed E-state index contributed by atoms with van der Waals surface area (Å²) in [7, 11) is 2.96. The van der Waals surface area contributed by atoms with Crippen LogP contribution in [0.5, 0.6) is 11.5 Å². The number of nitrogens with one attached hydrogen (secondary N) is 1. The molecule has 0 fully saturated rings. The average Bonchev–Trinajstić information content (AvgIpc) is 2.94. The SMILES string of the molecule is COc1cc(NC(=O)c2ccon2)c(OC)cc1Cl. The van der Waals surface area contributed by atoms with Crippen LogP contribution in [0.4, 0.5) is 5.69 Å². The number of rotatable bonds is 4. The third-order valence-corrected chi connectivity index (χ3v) is 2.69. The predicted octanol–water partition coefficient (Wildman–Crippen LogP) is 2.60. The van der Waals surface area contributed by atoms with E-state index in [4.69, 9.17) is 21.1 Å². The smallest absolute Gasteiger partial charge is 0.277 e. The first kappa shape index (κ1) is 13.2. The molecule has 2 aromatic rings. The largest absolute Gasteiger partial charge is 0.495 e. The van der Waals surface area contributed by atoms with Crippen LogP contribution in [0, 0.1) is 0 Å². The van der Waals surface area contributed by atoms with Gasteiger partial charge in [-0.25, -0.2) is 0 Å². The zero-order valence-corrected chi connectivity index (χ0v) is 11.0. The Balaban J connectivity index is 2.31. The topological polar surface area (TPSA) is 73.6 Å². The van der Waals surface area contributed by atoms with E-state index in [9.17, 15) is 4.79 Å². The lowest BCUT2D eigenvalue weighted by Crippen LogP contribution is -2.13. The molecule has 0 bridgehead atoms. The quantitative estimate of drug-likeness (QED) is 0.933. The Labute approximate surface area is 114 Å². The number of halogens is 1. The van der Waals surface area contributed by atoms with Crippen molar-refractivity contribution in [1.82, 2.24) is 5.16 Å². The standard InChI is InChI=1S/C12H11ClN2O4/c1-17-10-6-9(11(18-2)5-7(10)13)14-12(16)8-3-4-19-15-8/h3-6H,1-2H3,(H,14,16). The molecule has 0 atom stereocenters. The fourth-order valence-electron chi connectivity index (χ4n) is 1.47. The summed E-state index contributed by atoms with van der Waals surface area (Å²) in [5, 5.41) is 6.57. The number of benzene rings is 1. The Bertz CT molecular complexity index is 584. The third kappa shape index (κ3) is 2.79. The number of nitrogens with zero attached hydrogens (tertiary/aromatic N) is 1. The summed E-state index contributed by atoms with van der Waals surface area (Å²) in [6, 6.07) is 4.58. The van der Waals surface area contributed by atoms with Gasteiger partial charge in [0, 0.05) is 18.2 Å². The van der Waals surface area contributed by atoms with Gasteiger partial charge in [-0.1, -0.05) is 16.8 Å². The van der Waals surface area contributed by atoms with Gasteiger partial charge in [-0.15, -0.1) is 0 Å². The fourth-order valence-corrected chi connectivity index (χ4v) is 1.70. The van der Waals surface area contributed by atoms with Gasteiger partial charge in [-0.3, -0.25) is 4.79 Å². The molecule has 1 amide bonds. The van der Waals surface area contributed by atoms with Crippen LogP contribution < -0.4 is 14.8 Å². The maximum atomic E-state index is 11.9. The molecular formula is C12H11ClN2O4. The predicted molar refractivity (Wildman–Crippen MR) is 69.0 cm³/mol. The van der Waals surface area contributed by atoms with Gasteiger partial charge < -0.3 is 19.3 Å². The number of hydrogen-bond acceptors (Lipinski definition) is 5. The number of carbonyl (C=O) groups is 1. The molecule has 0 unspecified atom stereocenters. The summed E-state index contributed by atoms with van der Waals surface area (Å²) in [5.74, 6) is 0.428. The Kier molecular flexibility index (Phi) is 3.91. The monoisotopic (exact) mass is 282 g/mol. The second-order valence-corrected chi connectivity index (χ2v) is 3.93. The van der Waals surface area contributed by atoms with Crippen LogP contribution in [0.1, 0.15) is 10.5 Å². The number of aromatic nitrogens is 1. The van der Waals surface area contributed by atoms with Crippen LogP contribution in [0.2, 0.25) is 5.02 Å². The van der Waals surface area contributed by atoms with Gasteiger partial charge in [0.15, 0.2) is 5.69 Å². The fraction of sp³-hybridized carbons (Fsp3) is 0.167. The summed E-state index contributed by atoms with van der Waals surface area (Å²) in [5.41, 5.74) is 0.590. The van der Waals surface area contributed by atoms with Crippen molar-refractivity contribution in [2.75, 3.05) is 19.5 Å². The van der Waals surface area contributed by atoms with Crippen molar-refractivity contribution in [2.45, 2.75) is 0 Å². The van der Waals surface area contributed by atoms with Crippen LogP contribution in [0.25, 0.3) is 0 Å². The van der Waals surface area contributed by atoms with Gasteiger partial charge in [-0.05, 0) is 0 Å². The number of amides is 1. The molecule has 0 aliphatic rings. The summed E-state index contributed by atoms with van der Waals surface area (Å²) < 4.78 is 14.8. The Morgan fingerprint density at radius 1 is 1.32 bits per heavy atom. The molecule has 0 radical (unpaired) electrons. The van der Waals surface area contributed by atoms with E-state index in [1.54, 1.807) is 12.1 Å². The molecule has 6 nitrogen and oxygen atoms in total. The normalized spacial score (nSPS) is 10.1. The minimum Gasteiger partial charge on any atom is -0.495 e. The highest BCUT2D eigenvalue weighted by molar-refractivity contribution is 6.32. The highest BCUT2D eigenvalue weighted by Gasteiger charge is 2.15. The number of ether oxygens (including phenoxy) is 2. The molecule has 0 aliphatic carbocycles. The maximum absolute atomic E-state index is 11.9. The average molecular weight is 283 g/mol. The molecule has 0 saturated carbocycles. The minimum absolute atomic E-state index is 0.163. The summed E-state index contributed by atoms with van der Waals surface area (Å²) in [6.07, 6.45) is 1.31. The van der Waals surface area contributed by atoms with Crippen LogP contribution >= 0.6 is 11.6 Å². The molecular weight excluding hydrogens is 272 g/mol. The van der Waals surface area contributed by atoms with Crippen LogP contribution in [-0.4, -0.2) is 25.3 Å². The maximum Gasteiger partial charge on any atom is 0.277 e. The van der Waals surface area contributed by atoms with E-state index >= 15 is 0 Å². The van der Waals surface area contributed by atoms with E-state index in [0.717, 1.165) is 0 Å². The molecule has 19 heavy (non-hydrogen) atoms. The van der Waals surface area contributed by atoms with E-state index in [-0.39, 0.29) is 5.69 Å². The van der Waals surface area contributed by atoms with E-state index < -0.39 is 5.91 Å². The summed E-state index contributed by atoms with van der Waals surface area (Å²) in [4.78, 5) is 11.9. The zero-order chi connectivity index (χ0) is 13.8. The lowest BCUT2D eigenvalue weighted by molar-refractivity contribution is 0.101. The summed E-state index contributed by atoms with van der Waals surface area (Å²) in [6.45, 7) is 0. The first-order chi connectivity index (χ1) is 9.15. The third-order valence-electron chi connectivity index (χ3n) is 2.39. The van der Waals surface area contributed by atoms with Crippen molar-refractivity contribution in [2.24, 2.45) is 0 Å². The van der Waals surface area contributed by atoms with Gasteiger partial charge in [0.25, 0.3) is 5.91 Å². The molecule has 1 heterocycles. The molecule has 7 heteroatoms. The second-order valence-electron chi connectivity index (χ2n) is 3.53. The zero-order valence-electron chi connectivity index (χ0n) is 10.3.